The molecule has 2 rings (SSSR count). The average Bonchev–Trinajstić information content (AvgIpc) is 2.68. The molecule has 0 amide bonds. The van der Waals surface area contributed by atoms with Gasteiger partial charge in [0.05, 0.1) is 11.3 Å². The number of nitrogens with one attached hydrogen (secondary N) is 1. The fourth-order valence-corrected chi connectivity index (χ4v) is 2.69. The maximum atomic E-state index is 12.5. The Balaban J connectivity index is 0.000000960. The van der Waals surface area contributed by atoms with Gasteiger partial charge in [0, 0.05) is 19.2 Å². The lowest BCUT2D eigenvalue weighted by Gasteiger charge is -2.18. The Morgan fingerprint density at radius 3 is 2.21 bits per heavy atom. The van der Waals surface area contributed by atoms with Crippen LogP contribution in [0.25, 0.3) is 0 Å². The molecule has 29 heavy (non-hydrogen) atoms. The number of aryl methyl sites for hydroxylation is 1. The van der Waals surface area contributed by atoms with Crippen molar-refractivity contribution in [2.45, 2.75) is 34.6 Å². The third-order valence-corrected chi connectivity index (χ3v) is 4.56. The number of hydrogen-bond acceptors (Lipinski definition) is 5. The summed E-state index contributed by atoms with van der Waals surface area (Å²) in [5, 5.41) is 10.8. The summed E-state index contributed by atoms with van der Waals surface area (Å²) in [6.07, 6.45) is 0. The molecule has 0 bridgehead atoms. The highest BCUT2D eigenvalue weighted by atomic mass is 16.5. The first kappa shape index (κ1) is 24.2. The van der Waals surface area contributed by atoms with E-state index in [2.05, 4.69) is 44.0 Å². The van der Waals surface area contributed by atoms with Crippen LogP contribution < -0.4 is 5.32 Å². The van der Waals surface area contributed by atoms with Gasteiger partial charge in [0.15, 0.2) is 0 Å². The molecule has 0 aliphatic heterocycles. The number of esters is 1. The van der Waals surface area contributed by atoms with Gasteiger partial charge < -0.3 is 20.1 Å². The van der Waals surface area contributed by atoms with Crippen LogP contribution in [-0.4, -0.2) is 48.2 Å². The van der Waals surface area contributed by atoms with E-state index in [1.165, 1.54) is 11.1 Å². The zero-order valence-corrected chi connectivity index (χ0v) is 18.0. The molecule has 0 aliphatic rings. The molecule has 0 unspecified atom stereocenters. The number of hydrogen-bond donors (Lipinski definition) is 2. The predicted molar refractivity (Wildman–Crippen MR) is 117 cm³/mol. The van der Waals surface area contributed by atoms with Gasteiger partial charge in [-0.1, -0.05) is 38.1 Å². The summed E-state index contributed by atoms with van der Waals surface area (Å²) in [6, 6.07) is 13.6. The van der Waals surface area contributed by atoms with E-state index in [-0.39, 0.29) is 5.97 Å². The molecule has 6 heteroatoms. The summed E-state index contributed by atoms with van der Waals surface area (Å²) < 4.78 is 5.47. The summed E-state index contributed by atoms with van der Waals surface area (Å²) in [6.45, 7) is 12.5. The second-order valence-corrected chi connectivity index (χ2v) is 6.60. The minimum Gasteiger partial charge on any atom is -0.481 e. The molecule has 0 radical (unpaired) electrons. The number of ether oxygens (including phenoxy) is 1. The van der Waals surface area contributed by atoms with Crippen LogP contribution >= 0.6 is 0 Å². The number of anilines is 2. The Bertz CT molecular complexity index is 797. The molecule has 0 aliphatic carbocycles. The zero-order chi connectivity index (χ0) is 21.8. The number of nitrogens with zero attached hydrogens (tertiary/aromatic N) is 1. The normalized spacial score (nSPS) is 10.1. The van der Waals surface area contributed by atoms with E-state index in [4.69, 9.17) is 14.6 Å². The highest BCUT2D eigenvalue weighted by molar-refractivity contribution is 5.96. The molecule has 0 fully saturated rings. The SMILES string of the molecule is CC(=O)O.CCN(CC)CCOC(=O)c1ccccc1Nc1cccc(C)c1C. The third-order valence-electron chi connectivity index (χ3n) is 4.56. The van der Waals surface area contributed by atoms with E-state index < -0.39 is 5.97 Å². The van der Waals surface area contributed by atoms with Gasteiger partial charge in [-0.15, -0.1) is 0 Å². The fourth-order valence-electron chi connectivity index (χ4n) is 2.69. The number of likely N-dealkylation sites (N-methyl/N-ethyl adjacent to an activating group) is 1. The molecular weight excluding hydrogens is 368 g/mol. The first-order valence-electron chi connectivity index (χ1n) is 9.81. The molecule has 0 heterocycles. The second kappa shape index (κ2) is 12.6. The van der Waals surface area contributed by atoms with E-state index in [9.17, 15) is 4.79 Å². The number of para-hydroxylation sites is 1. The molecular formula is C23H32N2O4. The highest BCUT2D eigenvalue weighted by Gasteiger charge is 2.14. The van der Waals surface area contributed by atoms with Crippen LogP contribution in [0.15, 0.2) is 42.5 Å². The topological polar surface area (TPSA) is 78.9 Å². The molecule has 6 nitrogen and oxygen atoms in total. The second-order valence-electron chi connectivity index (χ2n) is 6.60. The molecule has 0 saturated heterocycles. The van der Waals surface area contributed by atoms with E-state index >= 15 is 0 Å². The summed E-state index contributed by atoms with van der Waals surface area (Å²) >= 11 is 0. The monoisotopic (exact) mass is 400 g/mol. The molecule has 2 aromatic rings. The van der Waals surface area contributed by atoms with Gasteiger partial charge in [-0.05, 0) is 56.3 Å². The number of carboxylic acid groups (broad SMARTS) is 1. The quantitative estimate of drug-likeness (QED) is 0.629. The zero-order valence-electron chi connectivity index (χ0n) is 18.0. The molecule has 0 spiro atoms. The summed E-state index contributed by atoms with van der Waals surface area (Å²) in [7, 11) is 0. The van der Waals surface area contributed by atoms with Gasteiger partial charge in [0.2, 0.25) is 0 Å². The van der Waals surface area contributed by atoms with Gasteiger partial charge in [-0.2, -0.15) is 0 Å². The maximum Gasteiger partial charge on any atom is 0.340 e. The number of benzene rings is 2. The first-order chi connectivity index (χ1) is 13.8. The molecule has 2 N–H and O–H groups in total. The van der Waals surface area contributed by atoms with Crippen molar-refractivity contribution in [2.75, 3.05) is 31.6 Å². The molecule has 158 valence electrons. The lowest BCUT2D eigenvalue weighted by atomic mass is 10.1. The third kappa shape index (κ3) is 8.35. The fraction of sp³-hybridized carbons (Fsp3) is 0.391. The Labute approximate surface area is 173 Å². The Hall–Kier alpha value is -2.86. The Morgan fingerprint density at radius 1 is 1.00 bits per heavy atom. The van der Waals surface area contributed by atoms with Gasteiger partial charge in [-0.25, -0.2) is 4.79 Å². The van der Waals surface area contributed by atoms with Crippen molar-refractivity contribution in [2.24, 2.45) is 0 Å². The van der Waals surface area contributed by atoms with Gasteiger partial charge in [0.1, 0.15) is 6.61 Å². The van der Waals surface area contributed by atoms with E-state index in [1.807, 2.05) is 30.3 Å². The van der Waals surface area contributed by atoms with Crippen molar-refractivity contribution < 1.29 is 19.4 Å². The molecule has 0 saturated carbocycles. The summed E-state index contributed by atoms with van der Waals surface area (Å²) in [4.78, 5) is 23.7. The van der Waals surface area contributed by atoms with Crippen molar-refractivity contribution >= 4 is 23.3 Å². The number of carbonyl (C=O) groups is 2. The molecule has 2 aromatic carbocycles. The van der Waals surface area contributed by atoms with Crippen LogP contribution in [0.3, 0.4) is 0 Å². The first-order valence-corrected chi connectivity index (χ1v) is 9.81. The molecule has 0 atom stereocenters. The maximum absolute atomic E-state index is 12.5. The number of aliphatic carboxylic acids is 1. The van der Waals surface area contributed by atoms with Gasteiger partial charge in [-0.3, -0.25) is 4.79 Å². The highest BCUT2D eigenvalue weighted by Crippen LogP contribution is 2.25. The van der Waals surface area contributed by atoms with Gasteiger partial charge >= 0.3 is 5.97 Å². The number of carbonyl (C=O) groups excluding carboxylic acids is 1. The summed E-state index contributed by atoms with van der Waals surface area (Å²) in [5.41, 5.74) is 4.71. The number of rotatable bonds is 8. The lowest BCUT2D eigenvalue weighted by molar-refractivity contribution is -0.134. The van der Waals surface area contributed by atoms with Crippen molar-refractivity contribution in [3.05, 3.63) is 59.2 Å². The standard InChI is InChI=1S/C21H28N2O2.C2H4O2/c1-5-23(6-2)14-15-25-21(24)18-11-7-8-12-20(18)22-19-13-9-10-16(3)17(19)4;1-2(3)4/h7-13,22H,5-6,14-15H2,1-4H3;1H3,(H,3,4). The lowest BCUT2D eigenvalue weighted by Crippen LogP contribution is -2.28. The van der Waals surface area contributed by atoms with Crippen molar-refractivity contribution in [1.29, 1.82) is 0 Å². The van der Waals surface area contributed by atoms with E-state index in [1.54, 1.807) is 6.07 Å². The summed E-state index contributed by atoms with van der Waals surface area (Å²) in [5.74, 6) is -1.12. The Kier molecular flexibility index (Phi) is 10.5. The van der Waals surface area contributed by atoms with E-state index in [0.717, 1.165) is 37.9 Å². The van der Waals surface area contributed by atoms with Crippen LogP contribution in [0, 0.1) is 13.8 Å². The largest absolute Gasteiger partial charge is 0.481 e. The minimum absolute atomic E-state index is 0.291. The van der Waals surface area contributed by atoms with Crippen LogP contribution in [-0.2, 0) is 9.53 Å². The van der Waals surface area contributed by atoms with Crippen LogP contribution in [0.1, 0.15) is 42.3 Å². The van der Waals surface area contributed by atoms with Crippen molar-refractivity contribution in [3.63, 3.8) is 0 Å². The van der Waals surface area contributed by atoms with Crippen molar-refractivity contribution in [3.8, 4) is 0 Å². The minimum atomic E-state index is -0.833. The van der Waals surface area contributed by atoms with E-state index in [0.29, 0.717) is 12.2 Å². The molecule has 0 aromatic heterocycles. The smallest absolute Gasteiger partial charge is 0.340 e. The van der Waals surface area contributed by atoms with Crippen molar-refractivity contribution in [1.82, 2.24) is 4.90 Å². The van der Waals surface area contributed by atoms with Crippen LogP contribution in [0.2, 0.25) is 0 Å². The van der Waals surface area contributed by atoms with Crippen LogP contribution in [0.5, 0.6) is 0 Å². The van der Waals surface area contributed by atoms with Gasteiger partial charge in [0.25, 0.3) is 5.97 Å². The average molecular weight is 401 g/mol. The number of carboxylic acids is 1. The Morgan fingerprint density at radius 2 is 1.59 bits per heavy atom. The predicted octanol–water partition coefficient (Wildman–Crippen LogP) is 4.64. The van der Waals surface area contributed by atoms with Crippen LogP contribution in [0.4, 0.5) is 11.4 Å².